The first-order chi connectivity index (χ1) is 9.76. The number of hydrogen-bond acceptors (Lipinski definition) is 4. The summed E-state index contributed by atoms with van der Waals surface area (Å²) < 4.78 is 42.4. The molecule has 2 rings (SSSR count). The van der Waals surface area contributed by atoms with E-state index in [1.807, 2.05) is 6.92 Å². The van der Waals surface area contributed by atoms with Gasteiger partial charge in [0.2, 0.25) is 0 Å². The molecule has 6 nitrogen and oxygen atoms in total. The van der Waals surface area contributed by atoms with Gasteiger partial charge >= 0.3 is 0 Å². The number of benzene rings is 1. The van der Waals surface area contributed by atoms with Gasteiger partial charge in [0.1, 0.15) is 4.90 Å². The van der Waals surface area contributed by atoms with Crippen LogP contribution < -0.4 is 10.5 Å². The van der Waals surface area contributed by atoms with E-state index < -0.39 is 20.7 Å². The number of anilines is 2. The van der Waals surface area contributed by atoms with Crippen molar-refractivity contribution in [2.24, 2.45) is 0 Å². The minimum Gasteiger partial charge on any atom is -0.395 e. The number of sulfonamides is 1. The van der Waals surface area contributed by atoms with Gasteiger partial charge < -0.3 is 5.73 Å². The van der Waals surface area contributed by atoms with Crippen molar-refractivity contribution in [1.82, 2.24) is 9.78 Å². The molecule has 2 aromatic rings. The van der Waals surface area contributed by atoms with Crippen molar-refractivity contribution in [3.63, 3.8) is 0 Å². The van der Waals surface area contributed by atoms with Crippen LogP contribution >= 0.6 is 27.5 Å². The summed E-state index contributed by atoms with van der Waals surface area (Å²) in [4.78, 5) is -0.627. The Morgan fingerprint density at radius 3 is 2.81 bits per heavy atom. The summed E-state index contributed by atoms with van der Waals surface area (Å²) in [6.45, 7) is 2.42. The first-order valence-electron chi connectivity index (χ1n) is 5.74. The summed E-state index contributed by atoms with van der Waals surface area (Å²) in [6, 6.07) is 0.990. The van der Waals surface area contributed by atoms with E-state index in [4.69, 9.17) is 17.3 Å². The van der Waals surface area contributed by atoms with Crippen molar-refractivity contribution in [3.8, 4) is 0 Å². The lowest BCUT2D eigenvalue weighted by molar-refractivity contribution is 0.572. The molecule has 0 radical (unpaired) electrons. The smallest absolute Gasteiger partial charge is 0.265 e. The number of halogens is 3. The van der Waals surface area contributed by atoms with E-state index >= 15 is 0 Å². The molecule has 0 unspecified atom stereocenters. The molecule has 1 heterocycles. The molecule has 3 N–H and O–H groups in total. The van der Waals surface area contributed by atoms with Crippen LogP contribution in [-0.2, 0) is 16.6 Å². The Hall–Kier alpha value is -1.32. The fourth-order valence-electron chi connectivity index (χ4n) is 1.59. The Kier molecular flexibility index (Phi) is 4.45. The quantitative estimate of drug-likeness (QED) is 0.613. The molecule has 10 heteroatoms. The number of aryl methyl sites for hydroxylation is 1. The van der Waals surface area contributed by atoms with E-state index in [0.29, 0.717) is 6.54 Å². The molecule has 0 aliphatic heterocycles. The van der Waals surface area contributed by atoms with E-state index in [0.717, 1.165) is 6.07 Å². The standard InChI is InChI=1S/C11H11BrClFN4O2S/c1-2-18-5-6(4-16-18)17-21(19,20)8-3-7(13)9(12)11(15)10(8)14/h3-5,17H,2,15H2,1H3. The summed E-state index contributed by atoms with van der Waals surface area (Å²) in [7, 11) is -4.16. The van der Waals surface area contributed by atoms with Crippen LogP contribution in [0.4, 0.5) is 15.8 Å². The van der Waals surface area contributed by atoms with Crippen LogP contribution in [-0.4, -0.2) is 18.2 Å². The highest BCUT2D eigenvalue weighted by Gasteiger charge is 2.24. The Morgan fingerprint density at radius 1 is 1.57 bits per heavy atom. The lowest BCUT2D eigenvalue weighted by atomic mass is 10.3. The summed E-state index contributed by atoms with van der Waals surface area (Å²) in [5.41, 5.74) is 5.33. The van der Waals surface area contributed by atoms with Crippen molar-refractivity contribution in [1.29, 1.82) is 0 Å². The average Bonchev–Trinajstić information content (AvgIpc) is 2.87. The molecule has 0 bridgehead atoms. The first-order valence-corrected chi connectivity index (χ1v) is 8.40. The molecule has 0 saturated heterocycles. The third-order valence-electron chi connectivity index (χ3n) is 2.66. The van der Waals surface area contributed by atoms with E-state index in [-0.39, 0.29) is 20.9 Å². The molecule has 0 fully saturated rings. The van der Waals surface area contributed by atoms with Gasteiger partial charge in [0.05, 0.1) is 27.1 Å². The maximum absolute atomic E-state index is 14.1. The van der Waals surface area contributed by atoms with Crippen LogP contribution in [0.25, 0.3) is 0 Å². The second kappa shape index (κ2) is 5.82. The number of nitrogens with two attached hydrogens (primary N) is 1. The van der Waals surface area contributed by atoms with Gasteiger partial charge in [0.25, 0.3) is 10.0 Å². The van der Waals surface area contributed by atoms with Crippen molar-refractivity contribution in [2.45, 2.75) is 18.4 Å². The number of nitrogens with one attached hydrogen (secondary N) is 1. The van der Waals surface area contributed by atoms with Crippen molar-refractivity contribution in [3.05, 3.63) is 33.8 Å². The van der Waals surface area contributed by atoms with Crippen molar-refractivity contribution < 1.29 is 12.8 Å². The number of nitrogens with zero attached hydrogens (tertiary/aromatic N) is 2. The Balaban J connectivity index is 2.45. The molecule has 0 spiro atoms. The van der Waals surface area contributed by atoms with E-state index in [2.05, 4.69) is 25.8 Å². The Labute approximate surface area is 134 Å². The molecule has 0 aliphatic rings. The van der Waals surface area contributed by atoms with Gasteiger partial charge in [-0.05, 0) is 28.9 Å². The topological polar surface area (TPSA) is 90.0 Å². The third kappa shape index (κ3) is 3.14. The second-order valence-corrected chi connectivity index (χ2v) is 6.94. The average molecular weight is 398 g/mol. The zero-order valence-corrected chi connectivity index (χ0v) is 13.9. The van der Waals surface area contributed by atoms with Gasteiger partial charge in [-0.2, -0.15) is 5.10 Å². The molecule has 0 aliphatic carbocycles. The van der Waals surface area contributed by atoms with Crippen LogP contribution in [0.3, 0.4) is 0 Å². The second-order valence-electron chi connectivity index (χ2n) is 4.09. The fourth-order valence-corrected chi connectivity index (χ4v) is 3.30. The summed E-state index contributed by atoms with van der Waals surface area (Å²) in [6.07, 6.45) is 2.81. The largest absolute Gasteiger partial charge is 0.395 e. The molecule has 1 aromatic heterocycles. The van der Waals surface area contributed by atoms with Crippen LogP contribution in [0.5, 0.6) is 0 Å². The fraction of sp³-hybridized carbons (Fsp3) is 0.182. The summed E-state index contributed by atoms with van der Waals surface area (Å²) in [5, 5.41) is 3.92. The molecule has 1 aromatic carbocycles. The van der Waals surface area contributed by atoms with Crippen LogP contribution in [0.15, 0.2) is 27.8 Å². The van der Waals surface area contributed by atoms with E-state index in [1.165, 1.54) is 17.1 Å². The van der Waals surface area contributed by atoms with Gasteiger partial charge in [0, 0.05) is 12.7 Å². The number of aromatic nitrogens is 2. The predicted octanol–water partition coefficient (Wildman–Crippen LogP) is 2.84. The van der Waals surface area contributed by atoms with Gasteiger partial charge in [-0.15, -0.1) is 0 Å². The zero-order chi connectivity index (χ0) is 15.8. The number of nitrogen functional groups attached to an aromatic ring is 1. The minimum absolute atomic E-state index is 0.00136. The van der Waals surface area contributed by atoms with Crippen molar-refractivity contribution in [2.75, 3.05) is 10.5 Å². The maximum Gasteiger partial charge on any atom is 0.265 e. The zero-order valence-electron chi connectivity index (χ0n) is 10.8. The molecule has 21 heavy (non-hydrogen) atoms. The van der Waals surface area contributed by atoms with Gasteiger partial charge in [-0.3, -0.25) is 9.40 Å². The Morgan fingerprint density at radius 2 is 2.24 bits per heavy atom. The molecule has 0 atom stereocenters. The van der Waals surface area contributed by atoms with Crippen LogP contribution in [0, 0.1) is 5.82 Å². The first kappa shape index (κ1) is 16.1. The number of hydrogen-bond donors (Lipinski definition) is 2. The Bertz CT molecular complexity index is 794. The highest BCUT2D eigenvalue weighted by Crippen LogP contribution is 2.35. The van der Waals surface area contributed by atoms with Crippen LogP contribution in [0.1, 0.15) is 6.92 Å². The molecule has 114 valence electrons. The molecular formula is C11H11BrClFN4O2S. The SMILES string of the molecule is CCn1cc(NS(=O)(=O)c2cc(Cl)c(Br)c(N)c2F)cn1. The maximum atomic E-state index is 14.1. The monoisotopic (exact) mass is 396 g/mol. The highest BCUT2D eigenvalue weighted by molar-refractivity contribution is 9.10. The normalized spacial score (nSPS) is 11.6. The predicted molar refractivity (Wildman–Crippen MR) is 82.2 cm³/mol. The number of rotatable bonds is 4. The van der Waals surface area contributed by atoms with Crippen LogP contribution in [0.2, 0.25) is 5.02 Å². The van der Waals surface area contributed by atoms with Gasteiger partial charge in [-0.25, -0.2) is 12.8 Å². The lowest BCUT2D eigenvalue weighted by Gasteiger charge is -2.10. The molecule has 0 saturated carbocycles. The van der Waals surface area contributed by atoms with E-state index in [9.17, 15) is 12.8 Å². The summed E-state index contributed by atoms with van der Waals surface area (Å²) >= 11 is 8.81. The van der Waals surface area contributed by atoms with Gasteiger partial charge in [-0.1, -0.05) is 11.6 Å². The van der Waals surface area contributed by atoms with Crippen molar-refractivity contribution >= 4 is 48.9 Å². The lowest BCUT2D eigenvalue weighted by Crippen LogP contribution is -2.15. The minimum atomic E-state index is -4.16. The third-order valence-corrected chi connectivity index (χ3v) is 5.42. The summed E-state index contributed by atoms with van der Waals surface area (Å²) in [5.74, 6) is -1.07. The molecule has 0 amide bonds. The molecular weight excluding hydrogens is 387 g/mol. The highest BCUT2D eigenvalue weighted by atomic mass is 79.9. The van der Waals surface area contributed by atoms with E-state index in [1.54, 1.807) is 0 Å². The van der Waals surface area contributed by atoms with Gasteiger partial charge in [0.15, 0.2) is 5.82 Å².